The Morgan fingerprint density at radius 3 is 2.15 bits per heavy atom. The molecule has 67 heavy (non-hydrogen) atoms. The van der Waals surface area contributed by atoms with Gasteiger partial charge in [0.2, 0.25) is 0 Å². The van der Waals surface area contributed by atoms with E-state index in [-0.39, 0.29) is 31.1 Å². The maximum atomic E-state index is 12.5. The minimum absolute atomic E-state index is 0. The van der Waals surface area contributed by atoms with E-state index in [0.29, 0.717) is 53.2 Å². The number of isothiocyanates is 1. The van der Waals surface area contributed by atoms with E-state index in [1.807, 2.05) is 35.9 Å². The number of unbranched alkanes of at least 4 members (excludes halogenated alkanes) is 3. The molecule has 7 heterocycles. The van der Waals surface area contributed by atoms with E-state index < -0.39 is 17.6 Å². The molecule has 12 nitrogen and oxygen atoms in total. The van der Waals surface area contributed by atoms with Crippen molar-refractivity contribution in [1.29, 1.82) is 5.41 Å². The predicted octanol–water partition coefficient (Wildman–Crippen LogP) is 13.1. The predicted molar refractivity (Wildman–Crippen MR) is 258 cm³/mol. The number of carbonyl (C=O) groups is 2. The first-order chi connectivity index (χ1) is 31.9. The molecule has 20 heteroatoms. The van der Waals surface area contributed by atoms with Crippen molar-refractivity contribution in [3.05, 3.63) is 130 Å². The summed E-state index contributed by atoms with van der Waals surface area (Å²) in [4.78, 5) is 47.6. The molecule has 0 aromatic carbocycles. The third-order valence-corrected chi connectivity index (χ3v) is 12.0. The molecule has 0 aliphatic carbocycles. The minimum Gasteiger partial charge on any atom is -0.753 e. The normalized spacial score (nSPS) is 10.6. The molecule has 0 fully saturated rings. The molecule has 0 spiro atoms. The van der Waals surface area contributed by atoms with Crippen LogP contribution in [-0.4, -0.2) is 54.9 Å². The second kappa shape index (κ2) is 26.6. The molecule has 2 N–H and O–H groups in total. The van der Waals surface area contributed by atoms with Crippen LogP contribution in [0, 0.1) is 17.3 Å². The first-order valence-electron chi connectivity index (χ1n) is 19.7. The number of carbonyl (C=O) groups excluding carboxylic acids is 2. The Balaban J connectivity index is 0.000000288. The number of ether oxygens (including phenoxy) is 2. The maximum absolute atomic E-state index is 12.5. The number of alkyl halides is 3. The summed E-state index contributed by atoms with van der Waals surface area (Å²) in [6.07, 6.45) is 5.78. The standard InChI is InChI=1S/C28H17N3O4S2.C18H20F3N4S.CNS.Ru/c1-2-3-27-21(8-11-36-27)28-5-4-26(37-28)18-6-9-29-22(12-18)24-14-20(35-17-33)15-25(31-24)23-13-19(34-16-32)7-10-30-23;1-2-3-4-5-6-12-8-10-26-16(12)14-7-9-24-17(25-14)13(22)11-15(23)18(19,20)21;2-1-3;/h4-17H,1H3;7-11,22-23H,2-6H2,1H3;;/q;2*-1;+2/b;13-11-,23-15?;;. The average Bonchev–Trinajstić information content (AvgIpc) is 4.11. The average molecular weight is 1060 g/mol. The van der Waals surface area contributed by atoms with Crippen molar-refractivity contribution < 1.29 is 51.7 Å². The van der Waals surface area contributed by atoms with Crippen molar-refractivity contribution in [2.24, 2.45) is 0 Å². The zero-order valence-electron chi connectivity index (χ0n) is 35.4. The van der Waals surface area contributed by atoms with Gasteiger partial charge < -0.3 is 20.6 Å². The summed E-state index contributed by atoms with van der Waals surface area (Å²) >= 11 is 8.51. The Labute approximate surface area is 414 Å². The largest absolute Gasteiger partial charge is 2.00 e. The quantitative estimate of drug-likeness (QED) is 0.0244. The van der Waals surface area contributed by atoms with Crippen LogP contribution in [0.4, 0.5) is 13.2 Å². The van der Waals surface area contributed by atoms with E-state index in [1.54, 1.807) is 59.2 Å². The Kier molecular flexibility index (Phi) is 21.1. The van der Waals surface area contributed by atoms with Crippen molar-refractivity contribution >= 4 is 75.7 Å². The minimum atomic E-state index is -4.79. The van der Waals surface area contributed by atoms with Crippen LogP contribution in [0.25, 0.3) is 71.1 Å². The molecule has 0 bridgehead atoms. The van der Waals surface area contributed by atoms with Crippen LogP contribution in [0.2, 0.25) is 0 Å². The van der Waals surface area contributed by atoms with Crippen molar-refractivity contribution in [2.75, 3.05) is 0 Å². The fourth-order valence-corrected chi connectivity index (χ4v) is 8.88. The summed E-state index contributed by atoms with van der Waals surface area (Å²) in [5, 5.41) is 19.5. The Hall–Kier alpha value is -6.45. The van der Waals surface area contributed by atoms with Gasteiger partial charge in [-0.15, -0.1) is 39.9 Å². The molecule has 0 aliphatic heterocycles. The van der Waals surface area contributed by atoms with Gasteiger partial charge in [-0.25, -0.2) is 15.0 Å². The van der Waals surface area contributed by atoms with E-state index in [4.69, 9.17) is 31.0 Å². The van der Waals surface area contributed by atoms with Crippen LogP contribution >= 0.6 is 46.2 Å². The number of nitrogens with zero attached hydrogens (tertiary/aromatic N) is 6. The number of rotatable bonds is 16. The topological polar surface area (TPSA) is 187 Å². The SMILES string of the molecule is CC#Cc1sccc1-c1ccc(-c2ccnc(-c3cc(OC=O)cc(-c4cc(OC=O)ccn4)n3)c2)s1.CCCCCCc1ccsc1-c1ccnc(/C([NH-])=C/C(=N)C(F)(F)F)n1.[N-]=C=S.[Ru+2]. The van der Waals surface area contributed by atoms with E-state index in [0.717, 1.165) is 61.9 Å². The van der Waals surface area contributed by atoms with Crippen LogP contribution in [0.15, 0.2) is 102 Å². The third kappa shape index (κ3) is 15.3. The number of thiophene rings is 3. The van der Waals surface area contributed by atoms with Crippen LogP contribution < -0.4 is 9.47 Å². The number of thiocarbonyl (C=S) groups is 1. The number of aryl methyl sites for hydroxylation is 1. The molecular weight excluding hydrogens is 1030 g/mol. The van der Waals surface area contributed by atoms with Crippen molar-refractivity contribution in [3.8, 4) is 77.6 Å². The Morgan fingerprint density at radius 1 is 0.821 bits per heavy atom. The molecule has 0 radical (unpaired) electrons. The molecule has 0 atom stereocenters. The Morgan fingerprint density at radius 2 is 1.46 bits per heavy atom. The van der Waals surface area contributed by atoms with Gasteiger partial charge in [-0.05, 0) is 96.3 Å². The van der Waals surface area contributed by atoms with Crippen LogP contribution in [0.3, 0.4) is 0 Å². The summed E-state index contributed by atoms with van der Waals surface area (Å²) < 4.78 is 47.4. The summed E-state index contributed by atoms with van der Waals surface area (Å²) in [5.74, 6) is 6.62. The number of halogens is 3. The van der Waals surface area contributed by atoms with Crippen molar-refractivity contribution in [2.45, 2.75) is 52.1 Å². The number of pyridine rings is 3. The molecule has 0 saturated heterocycles. The molecule has 7 rings (SSSR count). The molecule has 0 amide bonds. The first-order valence-corrected chi connectivity index (χ1v) is 22.7. The monoisotopic (exact) mass is 1060 g/mol. The first kappa shape index (κ1) is 53.2. The number of nitrogens with one attached hydrogen (secondary N) is 2. The zero-order chi connectivity index (χ0) is 47.5. The van der Waals surface area contributed by atoms with Gasteiger partial charge in [0.1, 0.15) is 23.0 Å². The number of hydrogen-bond donors (Lipinski definition) is 1. The van der Waals surface area contributed by atoms with Crippen molar-refractivity contribution in [3.63, 3.8) is 0 Å². The smallest absolute Gasteiger partial charge is 0.753 e. The van der Waals surface area contributed by atoms with E-state index in [1.165, 1.54) is 35.3 Å². The number of hydrogen-bond acceptors (Lipinski definition) is 14. The molecule has 0 unspecified atom stereocenters. The van der Waals surface area contributed by atoms with Gasteiger partial charge in [-0.2, -0.15) is 18.3 Å². The van der Waals surface area contributed by atoms with Gasteiger partial charge in [-0.3, -0.25) is 25.0 Å². The molecule has 7 aromatic rings. The van der Waals surface area contributed by atoms with E-state index >= 15 is 0 Å². The molecule has 342 valence electrons. The van der Waals surface area contributed by atoms with Crippen molar-refractivity contribution in [1.82, 2.24) is 24.9 Å². The molecule has 0 saturated carbocycles. The summed E-state index contributed by atoms with van der Waals surface area (Å²) in [7, 11) is 0. The van der Waals surface area contributed by atoms with Gasteiger partial charge in [0, 0.05) is 52.1 Å². The zero-order valence-corrected chi connectivity index (χ0v) is 40.4. The van der Waals surface area contributed by atoms with Gasteiger partial charge in [0.15, 0.2) is 0 Å². The molecule has 7 aromatic heterocycles. The van der Waals surface area contributed by atoms with E-state index in [9.17, 15) is 22.8 Å². The maximum Gasteiger partial charge on any atom is 2.00 e. The second-order valence-electron chi connectivity index (χ2n) is 13.4. The van der Waals surface area contributed by atoms with Gasteiger partial charge in [0.25, 0.3) is 12.9 Å². The molecule has 0 aliphatic rings. The Bertz CT molecular complexity index is 2920. The fourth-order valence-electron chi connectivity index (χ4n) is 6.05. The summed E-state index contributed by atoms with van der Waals surface area (Å²) in [6, 6.07) is 20.2. The second-order valence-corrected chi connectivity index (χ2v) is 16.5. The van der Waals surface area contributed by atoms with Gasteiger partial charge in [-0.1, -0.05) is 50.0 Å². The third-order valence-electron chi connectivity index (χ3n) is 9.01. The molecular formula is C47H37F3N8O4RuS4. The van der Waals surface area contributed by atoms with Crippen LogP contribution in [0.1, 0.15) is 55.8 Å². The van der Waals surface area contributed by atoms with Crippen LogP contribution in [0.5, 0.6) is 11.5 Å². The summed E-state index contributed by atoms with van der Waals surface area (Å²) in [5.41, 5.74) is 11.4. The summed E-state index contributed by atoms with van der Waals surface area (Å²) in [6.45, 7) is 4.68. The number of aromatic nitrogens is 5. The fraction of sp³-hybridized carbons (Fsp3) is 0.170. The van der Waals surface area contributed by atoms with Crippen LogP contribution in [-0.2, 0) is 35.5 Å². The van der Waals surface area contributed by atoms with Gasteiger partial charge in [0.05, 0.1) is 38.2 Å². The number of allylic oxidation sites excluding steroid dienone is 1. The van der Waals surface area contributed by atoms with Gasteiger partial charge >= 0.3 is 25.7 Å². The van der Waals surface area contributed by atoms with E-state index in [2.05, 4.69) is 69.1 Å².